The van der Waals surface area contributed by atoms with Crippen LogP contribution in [0.2, 0.25) is 0 Å². The van der Waals surface area contributed by atoms with Crippen molar-refractivity contribution in [1.82, 2.24) is 14.8 Å². The van der Waals surface area contributed by atoms with Crippen molar-refractivity contribution in [2.45, 2.75) is 18.5 Å². The van der Waals surface area contributed by atoms with E-state index in [0.29, 0.717) is 17.9 Å². The normalized spacial score (nSPS) is 12.3. The molecule has 3 aromatic rings. The van der Waals surface area contributed by atoms with Crippen LogP contribution in [0.3, 0.4) is 0 Å². The highest BCUT2D eigenvalue weighted by Gasteiger charge is 2.19. The van der Waals surface area contributed by atoms with Gasteiger partial charge in [-0.25, -0.2) is 0 Å². The Hall–Kier alpha value is -2.80. The number of hydrogen-bond acceptors (Lipinski definition) is 6. The molecule has 0 radical (unpaired) electrons. The molecule has 1 aromatic heterocycles. The summed E-state index contributed by atoms with van der Waals surface area (Å²) in [6.45, 7) is 1.83. The van der Waals surface area contributed by atoms with Crippen LogP contribution in [0, 0.1) is 0 Å². The average Bonchev–Trinajstić information content (AvgIpc) is 3.28. The van der Waals surface area contributed by atoms with Crippen LogP contribution in [-0.4, -0.2) is 33.1 Å². The van der Waals surface area contributed by atoms with Crippen molar-refractivity contribution < 1.29 is 14.3 Å². The summed E-state index contributed by atoms with van der Waals surface area (Å²) in [6, 6.07) is 15.7. The fraction of sp³-hybridized carbons (Fsp3) is 0.211. The molecule has 0 saturated heterocycles. The van der Waals surface area contributed by atoms with Gasteiger partial charge in [0.1, 0.15) is 5.78 Å². The van der Waals surface area contributed by atoms with Crippen LogP contribution in [0.25, 0.3) is 17.1 Å². The average molecular weight is 367 g/mol. The highest BCUT2D eigenvalue weighted by molar-refractivity contribution is 7.99. The molecule has 1 aliphatic heterocycles. The van der Waals surface area contributed by atoms with E-state index in [1.54, 1.807) is 6.92 Å². The van der Waals surface area contributed by atoms with Gasteiger partial charge in [-0.15, -0.1) is 10.2 Å². The Balaban J connectivity index is 1.74. The van der Waals surface area contributed by atoms with Crippen LogP contribution in [0.4, 0.5) is 0 Å². The number of fused-ring (bicyclic) bond motifs is 1. The zero-order valence-corrected chi connectivity index (χ0v) is 15.0. The number of Topliss-reactive ketones (excluding diaryl/α,β-unsaturated/α-hetero) is 1. The van der Waals surface area contributed by atoms with E-state index in [1.165, 1.54) is 11.8 Å². The predicted octanol–water partition coefficient (Wildman–Crippen LogP) is 3.73. The van der Waals surface area contributed by atoms with Crippen molar-refractivity contribution >= 4 is 17.5 Å². The smallest absolute Gasteiger partial charge is 0.231 e. The van der Waals surface area contributed by atoms with E-state index in [1.807, 2.05) is 53.1 Å². The van der Waals surface area contributed by atoms with Gasteiger partial charge in [-0.1, -0.05) is 30.0 Å². The maximum Gasteiger partial charge on any atom is 0.231 e. The number of ether oxygens (including phenoxy) is 2. The Kier molecular flexibility index (Phi) is 4.62. The zero-order chi connectivity index (χ0) is 17.9. The Morgan fingerprint density at radius 1 is 1.12 bits per heavy atom. The van der Waals surface area contributed by atoms with Gasteiger partial charge in [-0.2, -0.15) is 0 Å². The molecule has 6 nitrogen and oxygen atoms in total. The topological polar surface area (TPSA) is 66.2 Å². The van der Waals surface area contributed by atoms with Gasteiger partial charge in [0, 0.05) is 23.4 Å². The van der Waals surface area contributed by atoms with Crippen molar-refractivity contribution in [3.63, 3.8) is 0 Å². The summed E-state index contributed by atoms with van der Waals surface area (Å²) >= 11 is 1.52. The maximum absolute atomic E-state index is 11.2. The monoisotopic (exact) mass is 367 g/mol. The first-order chi connectivity index (χ1) is 12.7. The van der Waals surface area contributed by atoms with Gasteiger partial charge in [0.05, 0.1) is 0 Å². The Morgan fingerprint density at radius 3 is 2.73 bits per heavy atom. The fourth-order valence-corrected chi connectivity index (χ4v) is 3.67. The standard InChI is InChI=1S/C19H17N3O3S/c1-13(23)9-10-26-19-21-20-18(22(19)15-5-3-2-4-6-15)14-7-8-16-17(11-14)25-12-24-16/h2-8,11H,9-10,12H2,1H3. The summed E-state index contributed by atoms with van der Waals surface area (Å²) in [5.74, 6) is 2.99. The van der Waals surface area contributed by atoms with Crippen LogP contribution in [0.1, 0.15) is 13.3 Å². The number of thioether (sulfide) groups is 1. The van der Waals surface area contributed by atoms with Crippen molar-refractivity contribution in [1.29, 1.82) is 0 Å². The minimum atomic E-state index is 0.166. The molecule has 0 N–H and O–H groups in total. The number of aromatic nitrogens is 3. The lowest BCUT2D eigenvalue weighted by Gasteiger charge is -2.10. The second-order valence-electron chi connectivity index (χ2n) is 5.85. The quantitative estimate of drug-likeness (QED) is 0.619. The third-order valence-corrected chi connectivity index (χ3v) is 4.89. The lowest BCUT2D eigenvalue weighted by molar-refractivity contribution is -0.116. The van der Waals surface area contributed by atoms with Crippen molar-refractivity contribution in [3.8, 4) is 28.6 Å². The highest BCUT2D eigenvalue weighted by atomic mass is 32.2. The molecule has 2 heterocycles. The molecule has 0 amide bonds. The largest absolute Gasteiger partial charge is 0.454 e. The van der Waals surface area contributed by atoms with Crippen molar-refractivity contribution in [3.05, 3.63) is 48.5 Å². The summed E-state index contributed by atoms with van der Waals surface area (Å²) in [7, 11) is 0. The summed E-state index contributed by atoms with van der Waals surface area (Å²) in [5.41, 5.74) is 1.86. The third-order valence-electron chi connectivity index (χ3n) is 3.96. The molecule has 1 aliphatic rings. The minimum Gasteiger partial charge on any atom is -0.454 e. The van der Waals surface area contributed by atoms with Crippen molar-refractivity contribution in [2.24, 2.45) is 0 Å². The Bertz CT molecular complexity index is 940. The van der Waals surface area contributed by atoms with Gasteiger partial charge in [0.15, 0.2) is 22.5 Å². The first-order valence-electron chi connectivity index (χ1n) is 8.25. The summed E-state index contributed by atoms with van der Waals surface area (Å²) < 4.78 is 12.9. The van der Waals surface area contributed by atoms with E-state index in [0.717, 1.165) is 28.0 Å². The molecule has 26 heavy (non-hydrogen) atoms. The number of carbonyl (C=O) groups is 1. The number of nitrogens with zero attached hydrogens (tertiary/aromatic N) is 3. The SMILES string of the molecule is CC(=O)CCSc1nnc(-c2ccc3c(c2)OCO3)n1-c1ccccc1. The van der Waals surface area contributed by atoms with Crippen LogP contribution in [0.5, 0.6) is 11.5 Å². The molecule has 0 aliphatic carbocycles. The molecule has 132 valence electrons. The van der Waals surface area contributed by atoms with Gasteiger partial charge < -0.3 is 9.47 Å². The number of ketones is 1. The van der Waals surface area contributed by atoms with Crippen LogP contribution in [-0.2, 0) is 4.79 Å². The molecule has 0 saturated carbocycles. The number of carbonyl (C=O) groups excluding carboxylic acids is 1. The van der Waals surface area contributed by atoms with E-state index in [-0.39, 0.29) is 12.6 Å². The van der Waals surface area contributed by atoms with Crippen molar-refractivity contribution in [2.75, 3.05) is 12.5 Å². The number of hydrogen-bond donors (Lipinski definition) is 0. The Morgan fingerprint density at radius 2 is 1.92 bits per heavy atom. The van der Waals surface area contributed by atoms with E-state index < -0.39 is 0 Å². The molecule has 0 atom stereocenters. The third kappa shape index (κ3) is 3.30. The predicted molar refractivity (Wildman–Crippen MR) is 98.9 cm³/mol. The van der Waals surface area contributed by atoms with E-state index in [4.69, 9.17) is 9.47 Å². The zero-order valence-electron chi connectivity index (χ0n) is 14.2. The first-order valence-corrected chi connectivity index (χ1v) is 9.24. The molecule has 0 bridgehead atoms. The number of para-hydroxylation sites is 1. The van der Waals surface area contributed by atoms with Gasteiger partial charge in [-0.05, 0) is 37.3 Å². The molecule has 4 rings (SSSR count). The summed E-state index contributed by atoms with van der Waals surface area (Å²) in [4.78, 5) is 11.2. The molecular weight excluding hydrogens is 350 g/mol. The summed E-state index contributed by atoms with van der Waals surface area (Å²) in [5, 5.41) is 9.50. The molecule has 2 aromatic carbocycles. The second-order valence-corrected chi connectivity index (χ2v) is 6.91. The molecular formula is C19H17N3O3S. The minimum absolute atomic E-state index is 0.166. The van der Waals surface area contributed by atoms with E-state index in [2.05, 4.69) is 10.2 Å². The van der Waals surface area contributed by atoms with E-state index in [9.17, 15) is 4.79 Å². The Labute approximate surface area is 155 Å². The van der Waals surface area contributed by atoms with Gasteiger partial charge in [0.2, 0.25) is 6.79 Å². The molecule has 0 fully saturated rings. The van der Waals surface area contributed by atoms with Gasteiger partial charge in [-0.3, -0.25) is 9.36 Å². The maximum atomic E-state index is 11.2. The van der Waals surface area contributed by atoms with Crippen LogP contribution in [0.15, 0.2) is 53.7 Å². The lowest BCUT2D eigenvalue weighted by atomic mass is 10.2. The molecule has 0 spiro atoms. The summed E-state index contributed by atoms with van der Waals surface area (Å²) in [6.07, 6.45) is 0.506. The molecule has 7 heteroatoms. The number of benzene rings is 2. The lowest BCUT2D eigenvalue weighted by Crippen LogP contribution is -2.00. The highest BCUT2D eigenvalue weighted by Crippen LogP contribution is 2.37. The van der Waals surface area contributed by atoms with E-state index >= 15 is 0 Å². The molecule has 0 unspecified atom stereocenters. The van der Waals surface area contributed by atoms with Gasteiger partial charge in [0.25, 0.3) is 0 Å². The van der Waals surface area contributed by atoms with Gasteiger partial charge >= 0.3 is 0 Å². The fourth-order valence-electron chi connectivity index (χ4n) is 2.68. The van der Waals surface area contributed by atoms with Crippen LogP contribution < -0.4 is 9.47 Å². The second kappa shape index (κ2) is 7.21. The first kappa shape index (κ1) is 16.7. The number of rotatable bonds is 6. The van der Waals surface area contributed by atoms with Crippen LogP contribution >= 0.6 is 11.8 Å².